The lowest BCUT2D eigenvalue weighted by Crippen LogP contribution is -2.52. The smallest absolute Gasteiger partial charge is 0.332 e. The quantitative estimate of drug-likeness (QED) is 0.467. The molecule has 0 radical (unpaired) electrons. The number of nitriles is 1. The number of carbonyl (C=O) groups excluding carboxylic acids is 3. The van der Waals surface area contributed by atoms with Gasteiger partial charge < -0.3 is 20.3 Å². The molecule has 0 aromatic heterocycles. The van der Waals surface area contributed by atoms with Gasteiger partial charge in [-0.25, -0.2) is 15.2 Å². The van der Waals surface area contributed by atoms with Crippen molar-refractivity contribution in [2.24, 2.45) is 11.8 Å². The largest absolute Gasteiger partial charge is 0.458 e. The van der Waals surface area contributed by atoms with E-state index in [2.05, 4.69) is 27.1 Å². The van der Waals surface area contributed by atoms with Crippen LogP contribution in [0.2, 0.25) is 0 Å². The van der Waals surface area contributed by atoms with Crippen LogP contribution in [0.3, 0.4) is 0 Å². The zero-order chi connectivity index (χ0) is 27.4. The second-order valence-electron chi connectivity index (χ2n) is 12.4. The van der Waals surface area contributed by atoms with Gasteiger partial charge in [-0.05, 0) is 83.6 Å². The van der Waals surface area contributed by atoms with Gasteiger partial charge in [-0.15, -0.1) is 0 Å². The number of amides is 2. The Bertz CT molecular complexity index is 1180. The minimum atomic E-state index is -1.13. The molecule has 1 aromatic rings. The van der Waals surface area contributed by atoms with E-state index in [1.165, 1.54) is 0 Å². The van der Waals surface area contributed by atoms with Crippen molar-refractivity contribution < 1.29 is 19.1 Å². The van der Waals surface area contributed by atoms with Crippen LogP contribution in [0.1, 0.15) is 76.2 Å². The summed E-state index contributed by atoms with van der Waals surface area (Å²) in [6, 6.07) is 7.98. The molecule has 3 unspecified atom stereocenters. The lowest BCUT2D eigenvalue weighted by molar-refractivity contribution is -0.166. The average Bonchev–Trinajstić information content (AvgIpc) is 3.54. The zero-order valence-corrected chi connectivity index (χ0v) is 22.8. The number of nitrogens with one attached hydrogen (secondary N) is 3. The Kier molecular flexibility index (Phi) is 6.64. The highest BCUT2D eigenvalue weighted by atomic mass is 16.6. The molecule has 2 amide bonds. The number of nitrogens with zero attached hydrogens (tertiary/aromatic N) is 3. The number of hydrogen-bond donors (Lipinski definition) is 3. The Balaban J connectivity index is 1.34. The van der Waals surface area contributed by atoms with Gasteiger partial charge in [-0.3, -0.25) is 9.59 Å². The molecule has 1 aliphatic carbocycles. The van der Waals surface area contributed by atoms with E-state index in [1.54, 1.807) is 24.8 Å². The van der Waals surface area contributed by atoms with Crippen LogP contribution in [0.15, 0.2) is 18.2 Å². The molecule has 10 nitrogen and oxygen atoms in total. The van der Waals surface area contributed by atoms with Gasteiger partial charge in [0.05, 0.1) is 18.4 Å². The van der Waals surface area contributed by atoms with Crippen molar-refractivity contribution in [1.82, 2.24) is 20.7 Å². The van der Waals surface area contributed by atoms with Crippen LogP contribution in [0, 0.1) is 23.2 Å². The second kappa shape index (κ2) is 9.54. The molecule has 0 bridgehead atoms. The molecule has 4 atom stereocenters. The first-order chi connectivity index (χ1) is 17.9. The molecule has 4 aliphatic rings. The van der Waals surface area contributed by atoms with Crippen LogP contribution < -0.4 is 16.1 Å². The highest BCUT2D eigenvalue weighted by Crippen LogP contribution is 2.41. The van der Waals surface area contributed by atoms with Crippen LogP contribution in [0.4, 0.5) is 5.69 Å². The van der Waals surface area contributed by atoms with Crippen molar-refractivity contribution >= 4 is 23.5 Å². The summed E-state index contributed by atoms with van der Waals surface area (Å²) in [6.45, 7) is 9.75. The number of ether oxygens (including phenoxy) is 1. The summed E-state index contributed by atoms with van der Waals surface area (Å²) in [5.41, 5.74) is 3.91. The fraction of sp³-hybridized carbons (Fsp3) is 0.643. The summed E-state index contributed by atoms with van der Waals surface area (Å²) in [5.74, 6) is -0.473. The van der Waals surface area contributed by atoms with Crippen LogP contribution in [0.5, 0.6) is 0 Å². The first-order valence-corrected chi connectivity index (χ1v) is 13.5. The highest BCUT2D eigenvalue weighted by Gasteiger charge is 2.52. The predicted molar refractivity (Wildman–Crippen MR) is 140 cm³/mol. The van der Waals surface area contributed by atoms with Gasteiger partial charge in [-0.2, -0.15) is 5.26 Å². The Labute approximate surface area is 224 Å². The molecular formula is C28H38N6O4. The summed E-state index contributed by atoms with van der Waals surface area (Å²) in [7, 11) is 0. The van der Waals surface area contributed by atoms with Crippen LogP contribution in [-0.4, -0.2) is 63.6 Å². The molecule has 3 aliphatic heterocycles. The Morgan fingerprint density at radius 3 is 2.61 bits per heavy atom. The van der Waals surface area contributed by atoms with Crippen molar-refractivity contribution in [3.63, 3.8) is 0 Å². The molecule has 5 rings (SSSR count). The third-order valence-corrected chi connectivity index (χ3v) is 8.09. The SMILES string of the molecule is CC(C)(C)OC(=O)C(C)(C)N1Cc2cc(NC3NN([C@@H](CC#N)C4CC4)C4CCNC(=O)C34)ccc2C1=O. The lowest BCUT2D eigenvalue weighted by Gasteiger charge is -2.35. The van der Waals surface area contributed by atoms with Gasteiger partial charge in [-0.1, -0.05) is 0 Å². The number of esters is 1. The molecule has 10 heteroatoms. The maximum absolute atomic E-state index is 13.2. The number of benzene rings is 1. The summed E-state index contributed by atoms with van der Waals surface area (Å²) < 4.78 is 5.59. The molecular weight excluding hydrogens is 484 g/mol. The number of rotatable bonds is 7. The number of carbonyl (C=O) groups is 3. The maximum atomic E-state index is 13.2. The fourth-order valence-corrected chi connectivity index (χ4v) is 5.92. The van der Waals surface area contributed by atoms with Crippen molar-refractivity contribution in [2.75, 3.05) is 11.9 Å². The third-order valence-electron chi connectivity index (χ3n) is 8.09. The van der Waals surface area contributed by atoms with Gasteiger partial charge in [0.2, 0.25) is 5.91 Å². The van der Waals surface area contributed by atoms with E-state index in [0.717, 1.165) is 30.5 Å². The predicted octanol–water partition coefficient (Wildman–Crippen LogP) is 2.52. The Hall–Kier alpha value is -3.16. The zero-order valence-electron chi connectivity index (χ0n) is 22.8. The molecule has 1 saturated carbocycles. The van der Waals surface area contributed by atoms with Crippen molar-refractivity contribution in [1.29, 1.82) is 5.26 Å². The second-order valence-corrected chi connectivity index (χ2v) is 12.4. The van der Waals surface area contributed by atoms with Crippen molar-refractivity contribution in [2.45, 2.75) is 96.2 Å². The fourth-order valence-electron chi connectivity index (χ4n) is 5.92. The number of fused-ring (bicyclic) bond motifs is 2. The molecule has 204 valence electrons. The van der Waals surface area contributed by atoms with Gasteiger partial charge in [0.15, 0.2) is 0 Å². The van der Waals surface area contributed by atoms with E-state index in [9.17, 15) is 19.6 Å². The molecule has 3 heterocycles. The van der Waals surface area contributed by atoms with Crippen LogP contribution >= 0.6 is 0 Å². The first-order valence-electron chi connectivity index (χ1n) is 13.5. The Morgan fingerprint density at radius 1 is 1.21 bits per heavy atom. The number of hydrazine groups is 1. The van der Waals surface area contributed by atoms with Crippen LogP contribution in [-0.2, 0) is 20.9 Å². The third kappa shape index (κ3) is 4.85. The van der Waals surface area contributed by atoms with E-state index in [1.807, 2.05) is 32.9 Å². The van der Waals surface area contributed by atoms with Crippen LogP contribution in [0.25, 0.3) is 0 Å². The van der Waals surface area contributed by atoms with E-state index in [4.69, 9.17) is 4.74 Å². The number of piperidine rings is 1. The van der Waals surface area contributed by atoms with Gasteiger partial charge in [0.1, 0.15) is 17.3 Å². The normalized spacial score (nSPS) is 26.3. The summed E-state index contributed by atoms with van der Waals surface area (Å²) in [4.78, 5) is 40.7. The van der Waals surface area contributed by atoms with Crippen molar-refractivity contribution in [3.8, 4) is 6.07 Å². The molecule has 3 N–H and O–H groups in total. The number of anilines is 1. The minimum absolute atomic E-state index is 0.00174. The standard InChI is InChI=1S/C28H38N6O4/c1-27(2,3)38-26(37)28(4,5)33-15-17-14-18(8-9-19(17)25(33)36)31-23-22-21(11-13-30-24(22)35)34(32-23)20(10-12-29)16-6-7-16/h8-9,14,16,20-23,31-32H,6-7,10-11,13,15H2,1-5H3,(H,30,35)/t20-,21?,22?,23?/m0/s1. The van der Waals surface area contributed by atoms with E-state index in [-0.39, 0.29) is 36.0 Å². The topological polar surface area (TPSA) is 127 Å². The lowest BCUT2D eigenvalue weighted by atomic mass is 9.90. The van der Waals surface area contributed by atoms with Crippen molar-refractivity contribution in [3.05, 3.63) is 29.3 Å². The van der Waals surface area contributed by atoms with Gasteiger partial charge in [0.25, 0.3) is 5.91 Å². The van der Waals surface area contributed by atoms with E-state index in [0.29, 0.717) is 31.0 Å². The summed E-state index contributed by atoms with van der Waals surface area (Å²) in [6.07, 6.45) is 3.13. The molecule has 2 saturated heterocycles. The minimum Gasteiger partial charge on any atom is -0.458 e. The highest BCUT2D eigenvalue weighted by molar-refractivity contribution is 6.02. The monoisotopic (exact) mass is 522 g/mol. The van der Waals surface area contributed by atoms with Gasteiger partial charge >= 0.3 is 5.97 Å². The molecule has 1 aromatic carbocycles. The summed E-state index contributed by atoms with van der Waals surface area (Å²) in [5, 5.41) is 18.1. The van der Waals surface area contributed by atoms with E-state index < -0.39 is 17.1 Å². The maximum Gasteiger partial charge on any atom is 0.332 e. The Morgan fingerprint density at radius 2 is 1.95 bits per heavy atom. The van der Waals surface area contributed by atoms with E-state index >= 15 is 0 Å². The molecule has 3 fully saturated rings. The molecule has 38 heavy (non-hydrogen) atoms. The number of hydrogen-bond acceptors (Lipinski definition) is 8. The first kappa shape index (κ1) is 26.4. The van der Waals surface area contributed by atoms with Gasteiger partial charge in [0, 0.05) is 36.4 Å². The molecule has 0 spiro atoms. The summed E-state index contributed by atoms with van der Waals surface area (Å²) >= 11 is 0. The average molecular weight is 523 g/mol.